The summed E-state index contributed by atoms with van der Waals surface area (Å²) in [6, 6.07) is 0.382. The molecule has 4 heteroatoms. The predicted octanol–water partition coefficient (Wildman–Crippen LogP) is 2.47. The topological polar surface area (TPSA) is 41.6 Å². The summed E-state index contributed by atoms with van der Waals surface area (Å²) in [5.41, 5.74) is 0.247. The quantitative estimate of drug-likeness (QED) is 0.869. The van der Waals surface area contributed by atoms with E-state index in [2.05, 4.69) is 10.2 Å². The van der Waals surface area contributed by atoms with Gasteiger partial charge in [0, 0.05) is 32.6 Å². The number of amides is 1. The fourth-order valence-electron chi connectivity index (χ4n) is 4.42. The fraction of sp³-hybridized carbons (Fsp3) is 0.941. The van der Waals surface area contributed by atoms with E-state index in [0.717, 1.165) is 32.5 Å². The summed E-state index contributed by atoms with van der Waals surface area (Å²) in [7, 11) is 0. The maximum absolute atomic E-state index is 11.1. The van der Waals surface area contributed by atoms with Gasteiger partial charge in [-0.2, -0.15) is 0 Å². The number of carbonyl (C=O) groups excluding carboxylic acids is 1. The van der Waals surface area contributed by atoms with Gasteiger partial charge in [-0.15, -0.1) is 0 Å². The van der Waals surface area contributed by atoms with Crippen molar-refractivity contribution in [3.8, 4) is 0 Å². The lowest BCUT2D eigenvalue weighted by Gasteiger charge is -2.36. The van der Waals surface area contributed by atoms with E-state index in [0.29, 0.717) is 12.1 Å². The summed E-state index contributed by atoms with van der Waals surface area (Å²) in [6.07, 6.45) is 11.8. The maximum Gasteiger partial charge on any atom is 0.217 e. The Bertz CT molecular complexity index is 358. The van der Waals surface area contributed by atoms with Gasteiger partial charge in [0.15, 0.2) is 0 Å². The van der Waals surface area contributed by atoms with E-state index in [9.17, 15) is 4.79 Å². The summed E-state index contributed by atoms with van der Waals surface area (Å²) in [5, 5.41) is 3.05. The Morgan fingerprint density at radius 3 is 2.52 bits per heavy atom. The van der Waals surface area contributed by atoms with Gasteiger partial charge in [-0.1, -0.05) is 19.3 Å². The molecule has 3 rings (SSSR count). The summed E-state index contributed by atoms with van der Waals surface area (Å²) in [6.45, 7) is 4.90. The SMILES string of the molecule is CC(=O)NC1CCN(C[C@@H]2CCC3(CCCCC3)O2)CC1. The Morgan fingerprint density at radius 2 is 1.86 bits per heavy atom. The summed E-state index contributed by atoms with van der Waals surface area (Å²) < 4.78 is 6.47. The van der Waals surface area contributed by atoms with Crippen LogP contribution in [0.5, 0.6) is 0 Å². The molecule has 2 aliphatic heterocycles. The number of hydrogen-bond acceptors (Lipinski definition) is 3. The van der Waals surface area contributed by atoms with Crippen molar-refractivity contribution in [2.24, 2.45) is 0 Å². The van der Waals surface area contributed by atoms with Crippen LogP contribution in [0.15, 0.2) is 0 Å². The Labute approximate surface area is 128 Å². The lowest BCUT2D eigenvalue weighted by atomic mass is 9.83. The van der Waals surface area contributed by atoms with Gasteiger partial charge in [-0.3, -0.25) is 4.79 Å². The number of hydrogen-bond donors (Lipinski definition) is 1. The maximum atomic E-state index is 11.1. The molecule has 21 heavy (non-hydrogen) atoms. The zero-order valence-corrected chi connectivity index (χ0v) is 13.4. The second-order valence-electron chi connectivity index (χ2n) is 7.30. The van der Waals surface area contributed by atoms with Crippen LogP contribution in [0.25, 0.3) is 0 Å². The number of likely N-dealkylation sites (tertiary alicyclic amines) is 1. The van der Waals surface area contributed by atoms with Gasteiger partial charge in [-0.05, 0) is 38.5 Å². The van der Waals surface area contributed by atoms with Gasteiger partial charge in [0.25, 0.3) is 0 Å². The second-order valence-corrected chi connectivity index (χ2v) is 7.30. The minimum Gasteiger partial charge on any atom is -0.370 e. The van der Waals surface area contributed by atoms with Crippen molar-refractivity contribution in [3.05, 3.63) is 0 Å². The molecule has 1 amide bonds. The fourth-order valence-corrected chi connectivity index (χ4v) is 4.42. The molecular formula is C17H30N2O2. The third-order valence-corrected chi connectivity index (χ3v) is 5.56. The van der Waals surface area contributed by atoms with Crippen LogP contribution in [0.1, 0.15) is 64.7 Å². The average Bonchev–Trinajstić information content (AvgIpc) is 2.84. The lowest BCUT2D eigenvalue weighted by molar-refractivity contribution is -0.120. The smallest absolute Gasteiger partial charge is 0.217 e. The number of rotatable bonds is 3. The molecule has 0 bridgehead atoms. The molecule has 0 aromatic carbocycles. The first-order chi connectivity index (χ1) is 10.2. The molecule has 2 heterocycles. The van der Waals surface area contributed by atoms with Gasteiger partial charge in [0.05, 0.1) is 11.7 Å². The van der Waals surface area contributed by atoms with Crippen LogP contribution in [-0.2, 0) is 9.53 Å². The van der Waals surface area contributed by atoms with E-state index in [4.69, 9.17) is 4.74 Å². The van der Waals surface area contributed by atoms with Crippen LogP contribution in [0, 0.1) is 0 Å². The number of nitrogens with one attached hydrogen (secondary N) is 1. The summed E-state index contributed by atoms with van der Waals surface area (Å²) in [5.74, 6) is 0.104. The standard InChI is InChI=1S/C17H30N2O2/c1-14(20)18-15-6-11-19(12-7-15)13-16-5-10-17(21-16)8-3-2-4-9-17/h15-16H,2-13H2,1H3,(H,18,20)/t16-/m0/s1. The molecule has 1 spiro atoms. The van der Waals surface area contributed by atoms with Crippen LogP contribution in [0.2, 0.25) is 0 Å². The largest absolute Gasteiger partial charge is 0.370 e. The first-order valence-corrected chi connectivity index (χ1v) is 8.82. The Hall–Kier alpha value is -0.610. The van der Waals surface area contributed by atoms with Crippen molar-refractivity contribution in [1.29, 1.82) is 0 Å². The molecule has 1 atom stereocenters. The van der Waals surface area contributed by atoms with E-state index in [1.165, 1.54) is 44.9 Å². The molecule has 0 aromatic heterocycles. The number of piperidine rings is 1. The Kier molecular flexibility index (Phi) is 4.85. The molecule has 0 aromatic rings. The van der Waals surface area contributed by atoms with Crippen molar-refractivity contribution in [2.75, 3.05) is 19.6 Å². The van der Waals surface area contributed by atoms with Crippen molar-refractivity contribution in [1.82, 2.24) is 10.2 Å². The molecule has 1 aliphatic carbocycles. The van der Waals surface area contributed by atoms with Crippen LogP contribution in [-0.4, -0.2) is 48.2 Å². The van der Waals surface area contributed by atoms with E-state index in [-0.39, 0.29) is 11.5 Å². The highest BCUT2D eigenvalue weighted by atomic mass is 16.5. The molecule has 4 nitrogen and oxygen atoms in total. The van der Waals surface area contributed by atoms with E-state index in [1.54, 1.807) is 6.92 Å². The minimum atomic E-state index is 0.104. The van der Waals surface area contributed by atoms with Crippen LogP contribution >= 0.6 is 0 Å². The highest BCUT2D eigenvalue weighted by Crippen LogP contribution is 2.42. The molecule has 120 valence electrons. The van der Waals surface area contributed by atoms with Gasteiger partial charge >= 0.3 is 0 Å². The zero-order valence-electron chi connectivity index (χ0n) is 13.4. The molecule has 3 aliphatic rings. The minimum absolute atomic E-state index is 0.104. The van der Waals surface area contributed by atoms with Crippen molar-refractivity contribution in [3.63, 3.8) is 0 Å². The van der Waals surface area contributed by atoms with Crippen LogP contribution in [0.4, 0.5) is 0 Å². The van der Waals surface area contributed by atoms with E-state index < -0.39 is 0 Å². The zero-order chi connectivity index (χ0) is 14.7. The van der Waals surface area contributed by atoms with E-state index >= 15 is 0 Å². The summed E-state index contributed by atoms with van der Waals surface area (Å²) >= 11 is 0. The van der Waals surface area contributed by atoms with E-state index in [1.807, 2.05) is 0 Å². The highest BCUT2D eigenvalue weighted by molar-refractivity contribution is 5.73. The van der Waals surface area contributed by atoms with Crippen molar-refractivity contribution < 1.29 is 9.53 Å². The van der Waals surface area contributed by atoms with Crippen molar-refractivity contribution in [2.45, 2.75) is 82.5 Å². The lowest BCUT2D eigenvalue weighted by Crippen LogP contribution is -2.46. The van der Waals surface area contributed by atoms with Crippen LogP contribution in [0.3, 0.4) is 0 Å². The Balaban J connectivity index is 1.41. The molecule has 3 fully saturated rings. The average molecular weight is 294 g/mol. The Morgan fingerprint density at radius 1 is 1.14 bits per heavy atom. The van der Waals surface area contributed by atoms with Gasteiger partial charge in [0.2, 0.25) is 5.91 Å². The first-order valence-electron chi connectivity index (χ1n) is 8.82. The predicted molar refractivity (Wildman–Crippen MR) is 83.2 cm³/mol. The van der Waals surface area contributed by atoms with Crippen molar-refractivity contribution >= 4 is 5.91 Å². The van der Waals surface area contributed by atoms with Gasteiger partial charge in [-0.25, -0.2) is 0 Å². The third kappa shape index (κ3) is 3.98. The number of nitrogens with zero attached hydrogens (tertiary/aromatic N) is 1. The monoisotopic (exact) mass is 294 g/mol. The summed E-state index contributed by atoms with van der Waals surface area (Å²) in [4.78, 5) is 13.6. The number of carbonyl (C=O) groups is 1. The van der Waals surface area contributed by atoms with Gasteiger partial charge in [0.1, 0.15) is 0 Å². The normalized spacial score (nSPS) is 30.6. The molecule has 1 saturated carbocycles. The molecule has 0 unspecified atom stereocenters. The molecule has 0 radical (unpaired) electrons. The number of ether oxygens (including phenoxy) is 1. The molecule has 1 N–H and O–H groups in total. The second kappa shape index (κ2) is 6.66. The first kappa shape index (κ1) is 15.3. The van der Waals surface area contributed by atoms with Crippen LogP contribution < -0.4 is 5.32 Å². The molecule has 2 saturated heterocycles. The van der Waals surface area contributed by atoms with Gasteiger partial charge < -0.3 is 15.0 Å². The third-order valence-electron chi connectivity index (χ3n) is 5.56. The molecular weight excluding hydrogens is 264 g/mol. The highest BCUT2D eigenvalue weighted by Gasteiger charge is 2.41.